The summed E-state index contributed by atoms with van der Waals surface area (Å²) < 4.78 is 5.62. The lowest BCUT2D eigenvalue weighted by Crippen LogP contribution is -2.24. The van der Waals surface area contributed by atoms with Gasteiger partial charge in [-0.2, -0.15) is 0 Å². The van der Waals surface area contributed by atoms with Gasteiger partial charge in [0.2, 0.25) is 5.78 Å². The minimum absolute atomic E-state index is 0.230. The van der Waals surface area contributed by atoms with E-state index in [4.69, 9.17) is 9.72 Å². The summed E-state index contributed by atoms with van der Waals surface area (Å²) in [4.78, 5) is 30.7. The third-order valence-electron chi connectivity index (χ3n) is 5.52. The molecule has 32 heavy (non-hydrogen) atoms. The molecule has 0 aliphatic heterocycles. The van der Waals surface area contributed by atoms with Gasteiger partial charge < -0.3 is 4.74 Å². The van der Waals surface area contributed by atoms with Gasteiger partial charge in [-0.3, -0.25) is 4.79 Å². The number of benzene rings is 3. The maximum atomic E-state index is 13.2. The first-order valence-electron chi connectivity index (χ1n) is 10.6. The minimum atomic E-state index is -0.902. The second-order valence-corrected chi connectivity index (χ2v) is 8.22. The highest BCUT2D eigenvalue weighted by atomic mass is 16.5. The van der Waals surface area contributed by atoms with Gasteiger partial charge in [-0.05, 0) is 45.9 Å². The summed E-state index contributed by atoms with van der Waals surface area (Å²) in [7, 11) is 0. The predicted octanol–water partition coefficient (Wildman–Crippen LogP) is 6.26. The van der Waals surface area contributed by atoms with Gasteiger partial charge in [0.1, 0.15) is 0 Å². The molecule has 4 aromatic rings. The van der Waals surface area contributed by atoms with E-state index in [1.54, 1.807) is 25.1 Å². The lowest BCUT2D eigenvalue weighted by Gasteiger charge is -2.15. The topological polar surface area (TPSA) is 56.3 Å². The van der Waals surface area contributed by atoms with Gasteiger partial charge in [-0.15, -0.1) is 0 Å². The van der Waals surface area contributed by atoms with Crippen LogP contribution in [0.3, 0.4) is 0 Å². The van der Waals surface area contributed by atoms with Crippen LogP contribution in [0, 0.1) is 20.8 Å². The zero-order valence-corrected chi connectivity index (χ0v) is 18.7. The Hall–Kier alpha value is -3.79. The molecule has 0 aliphatic rings. The Balaban J connectivity index is 1.70. The highest BCUT2D eigenvalue weighted by Gasteiger charge is 2.22. The van der Waals surface area contributed by atoms with Crippen LogP contribution < -0.4 is 0 Å². The number of Topliss-reactive ketones (excluding diaryl/α,β-unsaturated/α-hetero) is 1. The van der Waals surface area contributed by atoms with Gasteiger partial charge in [-0.1, -0.05) is 71.3 Å². The fraction of sp³-hybridized carbons (Fsp3) is 0.179. The van der Waals surface area contributed by atoms with E-state index >= 15 is 0 Å². The summed E-state index contributed by atoms with van der Waals surface area (Å²) in [5.41, 5.74) is 6.45. The maximum Gasteiger partial charge on any atom is 0.339 e. The molecule has 0 bridgehead atoms. The predicted molar refractivity (Wildman–Crippen MR) is 127 cm³/mol. The Labute approximate surface area is 187 Å². The standard InChI is InChI=1S/C28H25NO3/c1-17-5-10-21(11-6-17)26-16-24(23-15-19(3)9-14-25(23)29-26)28(31)32-20(4)27(30)22-12-7-18(2)8-13-22/h5-16,20H,1-4H3. The highest BCUT2D eigenvalue weighted by Crippen LogP contribution is 2.27. The molecule has 160 valence electrons. The Morgan fingerprint density at radius 1 is 0.781 bits per heavy atom. The van der Waals surface area contributed by atoms with Crippen LogP contribution in [0.15, 0.2) is 72.8 Å². The molecule has 0 aliphatic carbocycles. The monoisotopic (exact) mass is 423 g/mol. The molecule has 0 N–H and O–H groups in total. The maximum absolute atomic E-state index is 13.2. The van der Waals surface area contributed by atoms with Crippen LogP contribution in [-0.4, -0.2) is 22.8 Å². The van der Waals surface area contributed by atoms with Crippen molar-refractivity contribution in [2.75, 3.05) is 0 Å². The molecule has 1 aromatic heterocycles. The lowest BCUT2D eigenvalue weighted by molar-refractivity contribution is 0.0320. The van der Waals surface area contributed by atoms with Crippen molar-refractivity contribution < 1.29 is 14.3 Å². The number of aromatic nitrogens is 1. The molecule has 4 nitrogen and oxygen atoms in total. The van der Waals surface area contributed by atoms with Gasteiger partial charge in [0.05, 0.1) is 16.8 Å². The summed E-state index contributed by atoms with van der Waals surface area (Å²) in [6, 6.07) is 22.8. The van der Waals surface area contributed by atoms with Crippen molar-refractivity contribution in [1.82, 2.24) is 4.98 Å². The van der Waals surface area contributed by atoms with E-state index in [1.807, 2.05) is 75.4 Å². The van der Waals surface area contributed by atoms with E-state index in [1.165, 1.54) is 0 Å². The van der Waals surface area contributed by atoms with Crippen LogP contribution in [0.1, 0.15) is 44.3 Å². The molecule has 1 atom stereocenters. The fourth-order valence-electron chi connectivity index (χ4n) is 3.61. The van der Waals surface area contributed by atoms with Crippen molar-refractivity contribution in [3.8, 4) is 11.3 Å². The van der Waals surface area contributed by atoms with Crippen LogP contribution in [0.25, 0.3) is 22.2 Å². The quantitative estimate of drug-likeness (QED) is 0.281. The fourth-order valence-corrected chi connectivity index (χ4v) is 3.61. The smallest absolute Gasteiger partial charge is 0.339 e. The van der Waals surface area contributed by atoms with Crippen LogP contribution in [-0.2, 0) is 4.74 Å². The first kappa shape index (κ1) is 21.4. The second-order valence-electron chi connectivity index (χ2n) is 8.22. The van der Waals surface area contributed by atoms with Crippen molar-refractivity contribution in [3.63, 3.8) is 0 Å². The molecule has 0 saturated carbocycles. The summed E-state index contributed by atoms with van der Waals surface area (Å²) >= 11 is 0. The van der Waals surface area contributed by atoms with E-state index in [0.29, 0.717) is 27.7 Å². The molecular weight excluding hydrogens is 398 g/mol. The molecular formula is C28H25NO3. The number of pyridine rings is 1. The number of esters is 1. The number of hydrogen-bond acceptors (Lipinski definition) is 4. The zero-order chi connectivity index (χ0) is 22.8. The highest BCUT2D eigenvalue weighted by molar-refractivity contribution is 6.07. The lowest BCUT2D eigenvalue weighted by atomic mass is 10.0. The molecule has 0 radical (unpaired) electrons. The van der Waals surface area contributed by atoms with Gasteiger partial charge in [-0.25, -0.2) is 9.78 Å². The van der Waals surface area contributed by atoms with Gasteiger partial charge >= 0.3 is 5.97 Å². The number of hydrogen-bond donors (Lipinski definition) is 0. The molecule has 4 rings (SSSR count). The van der Waals surface area contributed by atoms with Crippen LogP contribution in [0.2, 0.25) is 0 Å². The number of carbonyl (C=O) groups excluding carboxylic acids is 2. The average molecular weight is 424 g/mol. The van der Waals surface area contributed by atoms with Crippen LogP contribution in [0.4, 0.5) is 0 Å². The summed E-state index contributed by atoms with van der Waals surface area (Å²) in [6.07, 6.45) is -0.902. The Kier molecular flexibility index (Phi) is 5.87. The number of ketones is 1. The minimum Gasteiger partial charge on any atom is -0.451 e. The van der Waals surface area contributed by atoms with E-state index in [2.05, 4.69) is 0 Å². The van der Waals surface area contributed by atoms with E-state index < -0.39 is 12.1 Å². The molecule has 0 saturated heterocycles. The van der Waals surface area contributed by atoms with Gasteiger partial charge in [0.15, 0.2) is 6.10 Å². The molecule has 0 spiro atoms. The normalized spacial score (nSPS) is 11.9. The largest absolute Gasteiger partial charge is 0.451 e. The molecule has 1 heterocycles. The number of aryl methyl sites for hydroxylation is 3. The Bertz CT molecular complexity index is 1310. The van der Waals surface area contributed by atoms with Crippen molar-refractivity contribution in [1.29, 1.82) is 0 Å². The Morgan fingerprint density at radius 2 is 1.38 bits per heavy atom. The number of ether oxygens (including phenoxy) is 1. The van der Waals surface area contributed by atoms with Gasteiger partial charge in [0, 0.05) is 16.5 Å². The first-order valence-corrected chi connectivity index (χ1v) is 10.6. The van der Waals surface area contributed by atoms with E-state index in [-0.39, 0.29) is 5.78 Å². The molecule has 1 unspecified atom stereocenters. The molecule has 0 fully saturated rings. The van der Waals surface area contributed by atoms with Crippen molar-refractivity contribution >= 4 is 22.7 Å². The summed E-state index contributed by atoms with van der Waals surface area (Å²) in [5, 5.41) is 0.709. The summed E-state index contributed by atoms with van der Waals surface area (Å²) in [6.45, 7) is 7.55. The molecule has 4 heteroatoms. The Morgan fingerprint density at radius 3 is 2.03 bits per heavy atom. The SMILES string of the molecule is Cc1ccc(C(=O)C(C)OC(=O)c2cc(-c3ccc(C)cc3)nc3ccc(C)cc23)cc1. The number of fused-ring (bicyclic) bond motifs is 1. The van der Waals surface area contributed by atoms with Crippen LogP contribution >= 0.6 is 0 Å². The van der Waals surface area contributed by atoms with E-state index in [9.17, 15) is 9.59 Å². The summed E-state index contributed by atoms with van der Waals surface area (Å²) in [5.74, 6) is -0.768. The second kappa shape index (κ2) is 8.75. The third kappa shape index (κ3) is 4.45. The van der Waals surface area contributed by atoms with Crippen molar-refractivity contribution in [2.24, 2.45) is 0 Å². The number of nitrogens with zero attached hydrogens (tertiary/aromatic N) is 1. The zero-order valence-electron chi connectivity index (χ0n) is 18.7. The van der Waals surface area contributed by atoms with Crippen molar-refractivity contribution in [3.05, 3.63) is 101 Å². The first-order chi connectivity index (χ1) is 15.3. The van der Waals surface area contributed by atoms with Gasteiger partial charge in [0.25, 0.3) is 0 Å². The van der Waals surface area contributed by atoms with E-state index in [0.717, 1.165) is 22.3 Å². The molecule has 0 amide bonds. The van der Waals surface area contributed by atoms with Crippen LogP contribution in [0.5, 0.6) is 0 Å². The van der Waals surface area contributed by atoms with Crippen molar-refractivity contribution in [2.45, 2.75) is 33.8 Å². The molecule has 3 aromatic carbocycles. The third-order valence-corrected chi connectivity index (χ3v) is 5.52. The number of rotatable bonds is 5. The number of carbonyl (C=O) groups is 2. The average Bonchev–Trinajstić information content (AvgIpc) is 2.78.